The fraction of sp³-hybridized carbons (Fsp3) is 0.412. The first-order chi connectivity index (χ1) is 10.4. The topological polar surface area (TPSA) is 62.4 Å². The Morgan fingerprint density at radius 3 is 2.32 bits per heavy atom. The highest BCUT2D eigenvalue weighted by Crippen LogP contribution is 2.24. The summed E-state index contributed by atoms with van der Waals surface area (Å²) in [5, 5.41) is 0.728. The molecule has 0 aliphatic rings. The monoisotopic (exact) mass is 302 g/mol. The molecule has 1 heterocycles. The summed E-state index contributed by atoms with van der Waals surface area (Å²) in [6.07, 6.45) is 1.59. The van der Waals surface area contributed by atoms with Gasteiger partial charge in [0.2, 0.25) is 0 Å². The number of carbonyl (C=O) groups excluding carboxylic acids is 2. The molecule has 1 aromatic heterocycles. The van der Waals surface area contributed by atoms with Gasteiger partial charge in [-0.05, 0) is 39.8 Å². The molecule has 1 aromatic carbocycles. The van der Waals surface area contributed by atoms with Crippen LogP contribution in [0.25, 0.3) is 10.9 Å². The number of amides is 1. The summed E-state index contributed by atoms with van der Waals surface area (Å²) in [6.45, 7) is 7.63. The highest BCUT2D eigenvalue weighted by atomic mass is 16.5. The zero-order valence-electron chi connectivity index (χ0n) is 13.6. The summed E-state index contributed by atoms with van der Waals surface area (Å²) in [6, 6.07) is 5.32. The predicted octanol–water partition coefficient (Wildman–Crippen LogP) is 3.00. The summed E-state index contributed by atoms with van der Waals surface area (Å²) in [4.78, 5) is 29.7. The number of ketones is 1. The molecule has 118 valence electrons. The maximum Gasteiger partial charge on any atom is 0.295 e. The molecule has 1 N–H and O–H groups in total. The zero-order valence-corrected chi connectivity index (χ0v) is 13.6. The van der Waals surface area contributed by atoms with E-state index in [9.17, 15) is 9.59 Å². The predicted molar refractivity (Wildman–Crippen MR) is 86.3 cm³/mol. The number of rotatable bonds is 5. The van der Waals surface area contributed by atoms with Gasteiger partial charge in [0.15, 0.2) is 0 Å². The number of nitrogens with zero attached hydrogens (tertiary/aromatic N) is 1. The molecule has 5 nitrogen and oxygen atoms in total. The van der Waals surface area contributed by atoms with Crippen molar-refractivity contribution in [1.82, 2.24) is 9.88 Å². The standard InChI is InChI=1S/C17H22N2O3/c1-10(2)19(11(3)4)17(21)16(20)14-9-18-15-8-12(22-5)6-7-13(14)15/h6-11,18H,1-5H3. The SMILES string of the molecule is COc1ccc2c(C(=O)C(=O)N(C(C)C)C(C)C)c[nH]c2c1. The van der Waals surface area contributed by atoms with E-state index in [2.05, 4.69) is 4.98 Å². The van der Waals surface area contributed by atoms with Crippen LogP contribution in [0.4, 0.5) is 0 Å². The van der Waals surface area contributed by atoms with E-state index in [0.29, 0.717) is 11.3 Å². The van der Waals surface area contributed by atoms with Gasteiger partial charge in [-0.1, -0.05) is 0 Å². The van der Waals surface area contributed by atoms with Gasteiger partial charge in [-0.15, -0.1) is 0 Å². The van der Waals surface area contributed by atoms with Crippen molar-refractivity contribution in [2.75, 3.05) is 7.11 Å². The number of fused-ring (bicyclic) bond motifs is 1. The molecule has 0 aliphatic heterocycles. The van der Waals surface area contributed by atoms with Gasteiger partial charge in [0.05, 0.1) is 12.7 Å². The molecule has 0 bridgehead atoms. The van der Waals surface area contributed by atoms with Crippen LogP contribution in [0.2, 0.25) is 0 Å². The molecule has 0 saturated heterocycles. The van der Waals surface area contributed by atoms with Crippen LogP contribution in [0.5, 0.6) is 5.75 Å². The fourth-order valence-electron chi connectivity index (χ4n) is 2.72. The van der Waals surface area contributed by atoms with E-state index in [0.717, 1.165) is 10.9 Å². The van der Waals surface area contributed by atoms with Crippen molar-refractivity contribution in [2.24, 2.45) is 0 Å². The van der Waals surface area contributed by atoms with E-state index in [1.807, 2.05) is 27.7 Å². The van der Waals surface area contributed by atoms with Gasteiger partial charge in [-0.3, -0.25) is 9.59 Å². The number of aromatic amines is 1. The Morgan fingerprint density at radius 2 is 1.77 bits per heavy atom. The lowest BCUT2D eigenvalue weighted by Crippen LogP contribution is -2.45. The highest BCUT2D eigenvalue weighted by Gasteiger charge is 2.28. The van der Waals surface area contributed by atoms with E-state index < -0.39 is 11.7 Å². The third kappa shape index (κ3) is 2.84. The second kappa shape index (κ2) is 6.22. The van der Waals surface area contributed by atoms with E-state index in [4.69, 9.17) is 4.74 Å². The van der Waals surface area contributed by atoms with Crippen LogP contribution in [0.15, 0.2) is 24.4 Å². The Labute approximate surface area is 130 Å². The van der Waals surface area contributed by atoms with Crippen molar-refractivity contribution in [2.45, 2.75) is 39.8 Å². The van der Waals surface area contributed by atoms with Crippen molar-refractivity contribution >= 4 is 22.6 Å². The Bertz CT molecular complexity index is 693. The number of ether oxygens (including phenoxy) is 1. The smallest absolute Gasteiger partial charge is 0.295 e. The van der Waals surface area contributed by atoms with E-state index in [-0.39, 0.29) is 12.1 Å². The van der Waals surface area contributed by atoms with Crippen LogP contribution < -0.4 is 4.74 Å². The average Bonchev–Trinajstić information content (AvgIpc) is 2.88. The lowest BCUT2D eigenvalue weighted by atomic mass is 10.1. The van der Waals surface area contributed by atoms with Gasteiger partial charge in [0.1, 0.15) is 5.75 Å². The summed E-state index contributed by atoms with van der Waals surface area (Å²) in [5.41, 5.74) is 1.17. The third-order valence-corrected chi connectivity index (χ3v) is 3.67. The number of hydrogen-bond donors (Lipinski definition) is 1. The van der Waals surface area contributed by atoms with Gasteiger partial charge < -0.3 is 14.6 Å². The molecule has 0 unspecified atom stereocenters. The van der Waals surface area contributed by atoms with Crippen molar-refractivity contribution in [1.29, 1.82) is 0 Å². The fourth-order valence-corrected chi connectivity index (χ4v) is 2.72. The lowest BCUT2D eigenvalue weighted by Gasteiger charge is -2.29. The van der Waals surface area contributed by atoms with Crippen molar-refractivity contribution < 1.29 is 14.3 Å². The van der Waals surface area contributed by atoms with E-state index >= 15 is 0 Å². The Morgan fingerprint density at radius 1 is 1.14 bits per heavy atom. The van der Waals surface area contributed by atoms with Crippen LogP contribution in [-0.4, -0.2) is 40.8 Å². The summed E-state index contributed by atoms with van der Waals surface area (Å²) in [5.74, 6) is -0.258. The van der Waals surface area contributed by atoms with Gasteiger partial charge >= 0.3 is 0 Å². The molecule has 0 spiro atoms. The highest BCUT2D eigenvalue weighted by molar-refractivity contribution is 6.45. The van der Waals surface area contributed by atoms with Crippen LogP contribution in [0.1, 0.15) is 38.1 Å². The molecule has 1 amide bonds. The van der Waals surface area contributed by atoms with Crippen LogP contribution in [0, 0.1) is 0 Å². The number of H-pyrrole nitrogens is 1. The molecule has 22 heavy (non-hydrogen) atoms. The summed E-state index contributed by atoms with van der Waals surface area (Å²) >= 11 is 0. The molecular weight excluding hydrogens is 280 g/mol. The quantitative estimate of drug-likeness (QED) is 0.682. The Kier molecular flexibility index (Phi) is 4.54. The number of nitrogens with one attached hydrogen (secondary N) is 1. The first-order valence-corrected chi connectivity index (χ1v) is 7.39. The van der Waals surface area contributed by atoms with E-state index in [1.54, 1.807) is 36.4 Å². The molecular formula is C17H22N2O3. The number of aromatic nitrogens is 1. The van der Waals surface area contributed by atoms with Gasteiger partial charge in [0, 0.05) is 35.2 Å². The number of benzene rings is 1. The van der Waals surface area contributed by atoms with Crippen molar-refractivity contribution in [3.8, 4) is 5.75 Å². The Balaban J connectivity index is 2.39. The minimum absolute atomic E-state index is 0.0262. The first kappa shape index (κ1) is 16.1. The average molecular weight is 302 g/mol. The largest absolute Gasteiger partial charge is 0.497 e. The summed E-state index contributed by atoms with van der Waals surface area (Å²) < 4.78 is 5.16. The van der Waals surface area contributed by atoms with Crippen molar-refractivity contribution in [3.63, 3.8) is 0 Å². The number of hydrogen-bond acceptors (Lipinski definition) is 3. The molecule has 2 rings (SSSR count). The molecule has 0 saturated carbocycles. The van der Waals surface area contributed by atoms with Crippen LogP contribution in [-0.2, 0) is 4.79 Å². The number of carbonyl (C=O) groups is 2. The normalized spacial score (nSPS) is 11.2. The van der Waals surface area contributed by atoms with Gasteiger partial charge in [-0.2, -0.15) is 0 Å². The van der Waals surface area contributed by atoms with Crippen LogP contribution in [0.3, 0.4) is 0 Å². The third-order valence-electron chi connectivity index (χ3n) is 3.67. The molecule has 5 heteroatoms. The minimum atomic E-state index is -0.487. The zero-order chi connectivity index (χ0) is 16.4. The Hall–Kier alpha value is -2.30. The molecule has 0 atom stereocenters. The maximum absolute atomic E-state index is 12.6. The molecule has 0 aliphatic carbocycles. The van der Waals surface area contributed by atoms with Gasteiger partial charge in [0.25, 0.3) is 11.7 Å². The van der Waals surface area contributed by atoms with Gasteiger partial charge in [-0.25, -0.2) is 0 Å². The van der Waals surface area contributed by atoms with Crippen LogP contribution >= 0.6 is 0 Å². The summed E-state index contributed by atoms with van der Waals surface area (Å²) in [7, 11) is 1.59. The lowest BCUT2D eigenvalue weighted by molar-refractivity contribution is -0.129. The first-order valence-electron chi connectivity index (χ1n) is 7.39. The molecule has 0 radical (unpaired) electrons. The molecule has 2 aromatic rings. The molecule has 0 fully saturated rings. The number of Topliss-reactive ketones (excluding diaryl/α,β-unsaturated/α-hetero) is 1. The maximum atomic E-state index is 12.6. The second-order valence-electron chi connectivity index (χ2n) is 5.84. The van der Waals surface area contributed by atoms with E-state index in [1.165, 1.54) is 0 Å². The number of methoxy groups -OCH3 is 1. The minimum Gasteiger partial charge on any atom is -0.497 e. The van der Waals surface area contributed by atoms with Crippen molar-refractivity contribution in [3.05, 3.63) is 30.0 Å². The second-order valence-corrected chi connectivity index (χ2v) is 5.84.